The molecule has 0 unspecified atom stereocenters. The Kier molecular flexibility index (Phi) is 1.39. The van der Waals surface area contributed by atoms with E-state index in [2.05, 4.69) is 30.9 Å². The summed E-state index contributed by atoms with van der Waals surface area (Å²) in [6.07, 6.45) is 7.18. The van der Waals surface area contributed by atoms with E-state index >= 15 is 0 Å². The molecule has 0 bridgehead atoms. The van der Waals surface area contributed by atoms with Crippen molar-refractivity contribution in [2.75, 3.05) is 0 Å². The lowest BCUT2D eigenvalue weighted by Gasteiger charge is -1.98. The number of hydrogen-bond donors (Lipinski definition) is 0. The van der Waals surface area contributed by atoms with E-state index in [1.807, 2.05) is 12.1 Å². The summed E-state index contributed by atoms with van der Waals surface area (Å²) in [7, 11) is 0. The molecule has 1 radical (unpaired) electrons. The summed E-state index contributed by atoms with van der Waals surface area (Å²) in [6.45, 7) is 3.72. The van der Waals surface area contributed by atoms with E-state index in [0.29, 0.717) is 0 Å². The van der Waals surface area contributed by atoms with E-state index in [9.17, 15) is 0 Å². The molecule has 0 N–H and O–H groups in total. The smallest absolute Gasteiger partial charge is 0.00877 e. The first-order chi connectivity index (χ1) is 5.40. The fourth-order valence-electron chi connectivity index (χ4n) is 1.32. The second kappa shape index (κ2) is 2.39. The third-order valence-electron chi connectivity index (χ3n) is 1.94. The van der Waals surface area contributed by atoms with Crippen molar-refractivity contribution in [2.45, 2.75) is 6.42 Å². The molecule has 0 heteroatoms. The number of allylic oxidation sites excluding steroid dienone is 1. The molecule has 11 heavy (non-hydrogen) atoms. The molecule has 0 fully saturated rings. The number of benzene rings is 1. The van der Waals surface area contributed by atoms with Crippen LogP contribution < -0.4 is 0 Å². The van der Waals surface area contributed by atoms with Gasteiger partial charge in [0.25, 0.3) is 0 Å². The molecule has 1 aromatic rings. The standard InChI is InChI=1S/C11H9/c1-2-9-6-7-10-4-3-5-11(10)8-9/h2-4,6,8H,1,5H2. The van der Waals surface area contributed by atoms with Gasteiger partial charge in [0, 0.05) is 0 Å². The Morgan fingerprint density at radius 2 is 2.45 bits per heavy atom. The summed E-state index contributed by atoms with van der Waals surface area (Å²) in [5, 5.41) is 0. The van der Waals surface area contributed by atoms with Gasteiger partial charge in [-0.25, -0.2) is 0 Å². The number of rotatable bonds is 1. The highest BCUT2D eigenvalue weighted by Crippen LogP contribution is 2.20. The monoisotopic (exact) mass is 141 g/mol. The molecule has 0 saturated carbocycles. The van der Waals surface area contributed by atoms with Crippen molar-refractivity contribution in [3.63, 3.8) is 0 Å². The average Bonchev–Trinajstić information content (AvgIpc) is 2.50. The Labute approximate surface area is 66.9 Å². The Morgan fingerprint density at radius 3 is 3.27 bits per heavy atom. The molecule has 0 nitrogen and oxygen atoms in total. The highest BCUT2D eigenvalue weighted by Gasteiger charge is 2.03. The molecule has 0 amide bonds. The zero-order chi connectivity index (χ0) is 7.68. The molecule has 0 aliphatic heterocycles. The van der Waals surface area contributed by atoms with Crippen LogP contribution in [0.25, 0.3) is 12.2 Å². The Bertz CT molecular complexity index is 319. The fourth-order valence-corrected chi connectivity index (χ4v) is 1.32. The summed E-state index contributed by atoms with van der Waals surface area (Å²) in [4.78, 5) is 0. The van der Waals surface area contributed by atoms with Crippen LogP contribution in [0.1, 0.15) is 16.7 Å². The van der Waals surface area contributed by atoms with Crippen molar-refractivity contribution in [1.29, 1.82) is 0 Å². The van der Waals surface area contributed by atoms with Crippen LogP contribution in [0.5, 0.6) is 0 Å². The molecule has 53 valence electrons. The van der Waals surface area contributed by atoms with E-state index in [1.54, 1.807) is 0 Å². The second-order valence-corrected chi connectivity index (χ2v) is 2.68. The third-order valence-corrected chi connectivity index (χ3v) is 1.94. The molecule has 1 aromatic carbocycles. The molecule has 0 heterocycles. The molecule has 1 aliphatic carbocycles. The van der Waals surface area contributed by atoms with Gasteiger partial charge in [-0.3, -0.25) is 0 Å². The van der Waals surface area contributed by atoms with E-state index in [0.717, 1.165) is 12.0 Å². The summed E-state index contributed by atoms with van der Waals surface area (Å²) in [6, 6.07) is 7.35. The molecule has 0 saturated heterocycles. The van der Waals surface area contributed by atoms with Crippen LogP contribution in [0.2, 0.25) is 0 Å². The highest BCUT2D eigenvalue weighted by molar-refractivity contribution is 5.62. The Hall–Kier alpha value is -1.30. The Morgan fingerprint density at radius 1 is 1.55 bits per heavy atom. The van der Waals surface area contributed by atoms with Crippen molar-refractivity contribution >= 4 is 12.2 Å². The molecule has 0 atom stereocenters. The largest absolute Gasteiger partial charge is 0.0985 e. The van der Waals surface area contributed by atoms with E-state index in [4.69, 9.17) is 0 Å². The maximum Gasteiger partial charge on any atom is -0.00877 e. The lowest BCUT2D eigenvalue weighted by Crippen LogP contribution is -1.82. The lowest BCUT2D eigenvalue weighted by molar-refractivity contribution is 1.30. The van der Waals surface area contributed by atoms with Crippen LogP contribution in [0.15, 0.2) is 24.8 Å². The van der Waals surface area contributed by atoms with E-state index in [-0.39, 0.29) is 0 Å². The first-order valence-electron chi connectivity index (χ1n) is 3.74. The maximum atomic E-state index is 3.72. The van der Waals surface area contributed by atoms with Crippen molar-refractivity contribution in [3.8, 4) is 0 Å². The lowest BCUT2D eigenvalue weighted by atomic mass is 10.1. The predicted octanol–water partition coefficient (Wildman–Crippen LogP) is 2.70. The molecule has 1 aliphatic rings. The Balaban J connectivity index is 2.53. The van der Waals surface area contributed by atoms with Crippen molar-refractivity contribution in [3.05, 3.63) is 47.5 Å². The van der Waals surface area contributed by atoms with Crippen molar-refractivity contribution in [1.82, 2.24) is 0 Å². The highest BCUT2D eigenvalue weighted by atomic mass is 14.1. The van der Waals surface area contributed by atoms with Crippen LogP contribution >= 0.6 is 0 Å². The minimum absolute atomic E-state index is 1.05. The first-order valence-corrected chi connectivity index (χ1v) is 3.74. The minimum Gasteiger partial charge on any atom is -0.0985 e. The predicted molar refractivity (Wildman–Crippen MR) is 48.1 cm³/mol. The van der Waals surface area contributed by atoms with Crippen molar-refractivity contribution in [2.24, 2.45) is 0 Å². The van der Waals surface area contributed by atoms with Gasteiger partial charge in [-0.1, -0.05) is 30.9 Å². The molecule has 2 rings (SSSR count). The van der Waals surface area contributed by atoms with Crippen LogP contribution in [-0.2, 0) is 6.42 Å². The van der Waals surface area contributed by atoms with Crippen LogP contribution in [0.3, 0.4) is 0 Å². The second-order valence-electron chi connectivity index (χ2n) is 2.68. The molecular formula is C11H9. The van der Waals surface area contributed by atoms with Gasteiger partial charge in [0.15, 0.2) is 0 Å². The van der Waals surface area contributed by atoms with E-state index < -0.39 is 0 Å². The topological polar surface area (TPSA) is 0 Å². The first kappa shape index (κ1) is 6.41. The average molecular weight is 141 g/mol. The van der Waals surface area contributed by atoms with Crippen molar-refractivity contribution < 1.29 is 0 Å². The number of hydrogen-bond acceptors (Lipinski definition) is 0. The van der Waals surface area contributed by atoms with Gasteiger partial charge in [0.2, 0.25) is 0 Å². The quantitative estimate of drug-likeness (QED) is 0.564. The maximum absolute atomic E-state index is 3.72. The summed E-state index contributed by atoms with van der Waals surface area (Å²) in [5.74, 6) is 0. The normalized spacial score (nSPS) is 13.1. The van der Waals surface area contributed by atoms with Crippen LogP contribution in [0.4, 0.5) is 0 Å². The zero-order valence-electron chi connectivity index (χ0n) is 6.30. The van der Waals surface area contributed by atoms with Gasteiger partial charge in [-0.05, 0) is 35.2 Å². The number of fused-ring (bicyclic) bond motifs is 1. The zero-order valence-corrected chi connectivity index (χ0v) is 6.30. The summed E-state index contributed by atoms with van der Waals surface area (Å²) < 4.78 is 0. The summed E-state index contributed by atoms with van der Waals surface area (Å²) >= 11 is 0. The minimum atomic E-state index is 1.05. The fraction of sp³-hybridized carbons (Fsp3) is 0.0909. The SMILES string of the molecule is C=Cc1c[c]c2c(c1)CC=C2. The molecule has 0 spiro atoms. The van der Waals surface area contributed by atoms with Gasteiger partial charge >= 0.3 is 0 Å². The molecular weight excluding hydrogens is 132 g/mol. The third kappa shape index (κ3) is 1.01. The van der Waals surface area contributed by atoms with Gasteiger partial charge in [0.1, 0.15) is 0 Å². The van der Waals surface area contributed by atoms with Crippen LogP contribution in [0, 0.1) is 6.07 Å². The summed E-state index contributed by atoms with van der Waals surface area (Å²) in [5.41, 5.74) is 3.76. The van der Waals surface area contributed by atoms with Gasteiger partial charge in [-0.15, -0.1) is 0 Å². The van der Waals surface area contributed by atoms with Gasteiger partial charge in [0.05, 0.1) is 0 Å². The van der Waals surface area contributed by atoms with Crippen LogP contribution in [-0.4, -0.2) is 0 Å². The van der Waals surface area contributed by atoms with E-state index in [1.165, 1.54) is 11.1 Å². The molecule has 0 aromatic heterocycles. The van der Waals surface area contributed by atoms with Gasteiger partial charge in [-0.2, -0.15) is 0 Å². The van der Waals surface area contributed by atoms with Gasteiger partial charge < -0.3 is 0 Å².